The summed E-state index contributed by atoms with van der Waals surface area (Å²) in [5.74, 6) is 0. The van der Waals surface area contributed by atoms with Crippen LogP contribution in [0, 0.1) is 24.7 Å². The van der Waals surface area contributed by atoms with Crippen LogP contribution in [0.2, 0.25) is 0 Å². The van der Waals surface area contributed by atoms with Crippen molar-refractivity contribution in [1.82, 2.24) is 0 Å². The zero-order chi connectivity index (χ0) is 42.3. The number of hydrogen-bond acceptors (Lipinski definition) is 1. The standard InChI is InChI=1S/C60H55N/c1-40-28-34-50-53(36-40)60(57(3,4)5,58(6,7)8)54-37-41(2)38-55(56(50)54)61(46-31-29-43(30-32-46)42-20-12-9-13-21-42)47-33-35-49-48-26-18-19-27-51(48)59(52(49)39-47,44-22-14-10-15-23-44)45-24-16-11-17-25-45/h9-39H,1-8H3. The average Bonchev–Trinajstić information content (AvgIpc) is 3.73. The minimum atomic E-state index is -0.514. The number of fused-ring (bicyclic) bond motifs is 6. The molecule has 2 aliphatic rings. The van der Waals surface area contributed by atoms with Gasteiger partial charge in [0.2, 0.25) is 0 Å². The third kappa shape index (κ3) is 5.66. The van der Waals surface area contributed by atoms with Crippen molar-refractivity contribution in [2.24, 2.45) is 10.8 Å². The van der Waals surface area contributed by atoms with Gasteiger partial charge in [-0.15, -0.1) is 0 Å². The molecule has 1 heteroatoms. The molecule has 8 aromatic carbocycles. The highest BCUT2D eigenvalue weighted by Gasteiger charge is 2.58. The second kappa shape index (κ2) is 14.1. The van der Waals surface area contributed by atoms with Crippen molar-refractivity contribution in [2.75, 3.05) is 4.90 Å². The van der Waals surface area contributed by atoms with Crippen LogP contribution in [-0.4, -0.2) is 0 Å². The van der Waals surface area contributed by atoms with E-state index in [1.165, 1.54) is 83.6 Å². The number of hydrogen-bond donors (Lipinski definition) is 0. The molecule has 0 unspecified atom stereocenters. The highest BCUT2D eigenvalue weighted by Crippen LogP contribution is 2.67. The zero-order valence-electron chi connectivity index (χ0n) is 36.8. The molecule has 0 bridgehead atoms. The first kappa shape index (κ1) is 38.7. The molecule has 8 aromatic rings. The monoisotopic (exact) mass is 789 g/mol. The van der Waals surface area contributed by atoms with E-state index in [0.29, 0.717) is 0 Å². The van der Waals surface area contributed by atoms with Gasteiger partial charge in [0.1, 0.15) is 0 Å². The molecule has 0 fully saturated rings. The zero-order valence-corrected chi connectivity index (χ0v) is 36.8. The van der Waals surface area contributed by atoms with E-state index in [9.17, 15) is 0 Å². The number of benzene rings is 8. The van der Waals surface area contributed by atoms with Gasteiger partial charge in [0.15, 0.2) is 0 Å². The summed E-state index contributed by atoms with van der Waals surface area (Å²) in [6.07, 6.45) is 0. The van der Waals surface area contributed by atoms with Gasteiger partial charge in [0.25, 0.3) is 0 Å². The van der Waals surface area contributed by atoms with Crippen LogP contribution in [-0.2, 0) is 10.8 Å². The van der Waals surface area contributed by atoms with Crippen molar-refractivity contribution in [3.8, 4) is 33.4 Å². The van der Waals surface area contributed by atoms with E-state index in [1.807, 2.05) is 0 Å². The van der Waals surface area contributed by atoms with E-state index in [1.54, 1.807) is 0 Å². The highest BCUT2D eigenvalue weighted by atomic mass is 15.1. The highest BCUT2D eigenvalue weighted by molar-refractivity contribution is 5.97. The third-order valence-electron chi connectivity index (χ3n) is 13.9. The summed E-state index contributed by atoms with van der Waals surface area (Å²) in [7, 11) is 0. The molecular formula is C60H55N. The summed E-state index contributed by atoms with van der Waals surface area (Å²) < 4.78 is 0. The summed E-state index contributed by atoms with van der Waals surface area (Å²) in [5.41, 5.74) is 20.8. The minimum absolute atomic E-state index is 0.0867. The van der Waals surface area contributed by atoms with Crippen LogP contribution >= 0.6 is 0 Å². The lowest BCUT2D eigenvalue weighted by molar-refractivity contribution is 0.0950. The molecule has 300 valence electrons. The average molecular weight is 790 g/mol. The molecule has 0 radical (unpaired) electrons. The van der Waals surface area contributed by atoms with Crippen LogP contribution in [0.1, 0.15) is 86.1 Å². The molecule has 2 aliphatic carbocycles. The fourth-order valence-corrected chi connectivity index (χ4v) is 12.0. The van der Waals surface area contributed by atoms with E-state index in [4.69, 9.17) is 0 Å². The van der Waals surface area contributed by atoms with Crippen molar-refractivity contribution in [3.63, 3.8) is 0 Å². The van der Waals surface area contributed by atoms with Crippen LogP contribution < -0.4 is 4.90 Å². The Bertz CT molecular complexity index is 2870. The fraction of sp³-hybridized carbons (Fsp3) is 0.200. The topological polar surface area (TPSA) is 3.24 Å². The van der Waals surface area contributed by atoms with E-state index in [2.05, 4.69) is 248 Å². The maximum atomic E-state index is 2.57. The molecule has 0 atom stereocenters. The molecule has 0 saturated heterocycles. The second-order valence-electron chi connectivity index (χ2n) is 19.5. The Kier molecular flexibility index (Phi) is 8.93. The van der Waals surface area contributed by atoms with Crippen LogP contribution in [0.3, 0.4) is 0 Å². The Hall–Kier alpha value is -6.44. The molecule has 0 heterocycles. The molecule has 0 aromatic heterocycles. The minimum Gasteiger partial charge on any atom is -0.310 e. The van der Waals surface area contributed by atoms with Gasteiger partial charge in [-0.1, -0.05) is 205 Å². The molecule has 10 rings (SSSR count). The first-order valence-corrected chi connectivity index (χ1v) is 21.9. The maximum absolute atomic E-state index is 2.57. The SMILES string of the molecule is Cc1ccc2c(c1)C(C(C)(C)C)(C(C)(C)C)c1cc(C)cc(N(c3ccc(-c4ccccc4)cc3)c3ccc4c(c3)C(c3ccccc3)(c3ccccc3)c3ccccc3-4)c1-2. The molecule has 1 nitrogen and oxygen atoms in total. The van der Waals surface area contributed by atoms with Gasteiger partial charge in [-0.3, -0.25) is 0 Å². The van der Waals surface area contributed by atoms with Crippen molar-refractivity contribution in [1.29, 1.82) is 0 Å². The lowest BCUT2D eigenvalue weighted by Gasteiger charge is -2.53. The van der Waals surface area contributed by atoms with Crippen LogP contribution in [0.4, 0.5) is 17.1 Å². The smallest absolute Gasteiger partial charge is 0.0714 e. The molecule has 0 N–H and O–H groups in total. The predicted molar refractivity (Wildman–Crippen MR) is 258 cm³/mol. The Morgan fingerprint density at radius 1 is 0.377 bits per heavy atom. The number of anilines is 3. The fourth-order valence-electron chi connectivity index (χ4n) is 12.0. The molecule has 0 amide bonds. The van der Waals surface area contributed by atoms with Crippen LogP contribution in [0.15, 0.2) is 188 Å². The van der Waals surface area contributed by atoms with Crippen molar-refractivity contribution in [2.45, 2.75) is 66.2 Å². The molecule has 0 saturated carbocycles. The number of aryl methyl sites for hydroxylation is 2. The molecule has 61 heavy (non-hydrogen) atoms. The summed E-state index contributed by atoms with van der Waals surface area (Å²) in [4.78, 5) is 2.57. The quantitative estimate of drug-likeness (QED) is 0.162. The lowest BCUT2D eigenvalue weighted by Crippen LogP contribution is -2.50. The van der Waals surface area contributed by atoms with Crippen LogP contribution in [0.5, 0.6) is 0 Å². The molecular weight excluding hydrogens is 735 g/mol. The number of rotatable bonds is 6. The normalized spacial score (nSPS) is 14.5. The second-order valence-corrected chi connectivity index (χ2v) is 19.5. The van der Waals surface area contributed by atoms with Gasteiger partial charge in [0.05, 0.1) is 11.1 Å². The van der Waals surface area contributed by atoms with Gasteiger partial charge in [-0.05, 0) is 122 Å². The van der Waals surface area contributed by atoms with Crippen molar-refractivity contribution < 1.29 is 0 Å². The Morgan fingerprint density at radius 2 is 0.885 bits per heavy atom. The maximum Gasteiger partial charge on any atom is 0.0714 e. The lowest BCUT2D eigenvalue weighted by atomic mass is 9.50. The van der Waals surface area contributed by atoms with Gasteiger partial charge < -0.3 is 4.90 Å². The Morgan fingerprint density at radius 3 is 1.51 bits per heavy atom. The van der Waals surface area contributed by atoms with E-state index < -0.39 is 5.41 Å². The van der Waals surface area contributed by atoms with Gasteiger partial charge >= 0.3 is 0 Å². The third-order valence-corrected chi connectivity index (χ3v) is 13.9. The van der Waals surface area contributed by atoms with E-state index in [0.717, 1.165) is 11.4 Å². The van der Waals surface area contributed by atoms with Crippen LogP contribution in [0.25, 0.3) is 33.4 Å². The van der Waals surface area contributed by atoms with Crippen molar-refractivity contribution >= 4 is 17.1 Å². The largest absolute Gasteiger partial charge is 0.310 e. The Balaban J connectivity index is 1.30. The first-order chi connectivity index (χ1) is 29.4. The van der Waals surface area contributed by atoms with Gasteiger partial charge in [-0.25, -0.2) is 0 Å². The van der Waals surface area contributed by atoms with E-state index >= 15 is 0 Å². The van der Waals surface area contributed by atoms with E-state index in [-0.39, 0.29) is 16.2 Å². The molecule has 0 spiro atoms. The molecule has 0 aliphatic heterocycles. The van der Waals surface area contributed by atoms with Crippen molar-refractivity contribution in [3.05, 3.63) is 233 Å². The predicted octanol–water partition coefficient (Wildman–Crippen LogP) is 16.2. The summed E-state index contributed by atoms with van der Waals surface area (Å²) >= 11 is 0. The Labute approximate surface area is 363 Å². The first-order valence-electron chi connectivity index (χ1n) is 21.9. The van der Waals surface area contributed by atoms with Gasteiger partial charge in [-0.2, -0.15) is 0 Å². The summed E-state index contributed by atoms with van der Waals surface area (Å²) in [6.45, 7) is 19.2. The summed E-state index contributed by atoms with van der Waals surface area (Å²) in [6, 6.07) is 70.8. The summed E-state index contributed by atoms with van der Waals surface area (Å²) in [5, 5.41) is 0. The number of nitrogens with zero attached hydrogens (tertiary/aromatic N) is 1. The van der Waals surface area contributed by atoms with Gasteiger partial charge in [0, 0.05) is 22.4 Å².